The standard InChI is InChI=1S/C31H36N8O5/c1-20-15-39(21(2)18-40)30(42)14-23-13-24(33-29(41)17-38-19-32-35-36-38)11-12-27(23)44-28(20)16-37(3)31(43)34-26-10-6-8-22-7-4-5-9-25(22)26/h4-13,19-21,28,40H,14-18H2,1-3H3,(H,33,41)(H,34,43)/t20-,21+,28+/m1/s1. The van der Waals surface area contributed by atoms with Gasteiger partial charge >= 0.3 is 6.03 Å². The van der Waals surface area contributed by atoms with Gasteiger partial charge in [-0.05, 0) is 47.0 Å². The largest absolute Gasteiger partial charge is 0.488 e. The molecule has 1 aromatic heterocycles. The Labute approximate surface area is 254 Å². The number of carbonyl (C=O) groups excluding carboxylic acids is 3. The summed E-state index contributed by atoms with van der Waals surface area (Å²) in [4.78, 5) is 42.6. The number of anilines is 2. The van der Waals surface area contributed by atoms with E-state index < -0.39 is 12.1 Å². The van der Waals surface area contributed by atoms with Crippen molar-refractivity contribution < 1.29 is 24.2 Å². The van der Waals surface area contributed by atoms with Gasteiger partial charge in [0.05, 0.1) is 31.3 Å². The van der Waals surface area contributed by atoms with Gasteiger partial charge in [0.2, 0.25) is 11.8 Å². The molecule has 3 N–H and O–H groups in total. The number of aliphatic hydroxyl groups excluding tert-OH is 1. The van der Waals surface area contributed by atoms with Gasteiger partial charge in [-0.25, -0.2) is 9.48 Å². The average Bonchev–Trinajstić information content (AvgIpc) is 3.53. The fourth-order valence-corrected chi connectivity index (χ4v) is 5.22. The maximum atomic E-state index is 13.5. The lowest BCUT2D eigenvalue weighted by atomic mass is 10.0. The number of nitrogens with zero attached hydrogens (tertiary/aromatic N) is 6. The molecule has 230 valence electrons. The third kappa shape index (κ3) is 7.11. The van der Waals surface area contributed by atoms with Crippen LogP contribution in [0.1, 0.15) is 19.4 Å². The highest BCUT2D eigenvalue weighted by Gasteiger charge is 2.32. The summed E-state index contributed by atoms with van der Waals surface area (Å²) in [7, 11) is 1.70. The van der Waals surface area contributed by atoms with Crippen LogP contribution in [-0.2, 0) is 22.6 Å². The van der Waals surface area contributed by atoms with Crippen molar-refractivity contribution in [3.05, 3.63) is 72.6 Å². The number of urea groups is 1. The van der Waals surface area contributed by atoms with Crippen molar-refractivity contribution in [3.63, 3.8) is 0 Å². The first-order valence-electron chi connectivity index (χ1n) is 14.4. The maximum absolute atomic E-state index is 13.5. The number of hydrogen-bond donors (Lipinski definition) is 3. The van der Waals surface area contributed by atoms with Crippen LogP contribution in [0.15, 0.2) is 67.0 Å². The highest BCUT2D eigenvalue weighted by Crippen LogP contribution is 2.30. The number of nitrogens with one attached hydrogen (secondary N) is 2. The molecule has 13 heteroatoms. The average molecular weight is 601 g/mol. The molecule has 5 rings (SSSR count). The van der Waals surface area contributed by atoms with Gasteiger partial charge in [0, 0.05) is 36.1 Å². The molecule has 0 saturated carbocycles. The molecule has 0 bridgehead atoms. The second-order valence-electron chi connectivity index (χ2n) is 11.1. The SMILES string of the molecule is C[C@@H]1CN([C@@H](C)CO)C(=O)Cc2cc(NC(=O)Cn3cnnn3)ccc2O[C@H]1CN(C)C(=O)Nc1cccc2ccccc12. The smallest absolute Gasteiger partial charge is 0.321 e. The summed E-state index contributed by atoms with van der Waals surface area (Å²) in [6, 6.07) is 18.0. The molecule has 4 amide bonds. The van der Waals surface area contributed by atoms with Crippen molar-refractivity contribution in [2.75, 3.05) is 37.4 Å². The Bertz CT molecular complexity index is 1620. The van der Waals surface area contributed by atoms with Crippen LogP contribution >= 0.6 is 0 Å². The molecule has 0 aliphatic carbocycles. The number of aromatic nitrogens is 4. The second kappa shape index (κ2) is 13.5. The van der Waals surface area contributed by atoms with E-state index in [1.165, 1.54) is 11.0 Å². The third-order valence-corrected chi connectivity index (χ3v) is 7.73. The molecule has 13 nitrogen and oxygen atoms in total. The zero-order valence-electron chi connectivity index (χ0n) is 24.9. The van der Waals surface area contributed by atoms with Crippen molar-refractivity contribution in [1.82, 2.24) is 30.0 Å². The van der Waals surface area contributed by atoms with Gasteiger partial charge in [0.15, 0.2) is 0 Å². The van der Waals surface area contributed by atoms with Crippen LogP contribution in [0.2, 0.25) is 0 Å². The molecule has 0 radical (unpaired) electrons. The number of likely N-dealkylation sites (N-methyl/N-ethyl adjacent to an activating group) is 1. The van der Waals surface area contributed by atoms with E-state index in [2.05, 4.69) is 26.2 Å². The van der Waals surface area contributed by atoms with E-state index in [4.69, 9.17) is 4.74 Å². The number of benzene rings is 3. The van der Waals surface area contributed by atoms with Crippen molar-refractivity contribution in [2.24, 2.45) is 5.92 Å². The van der Waals surface area contributed by atoms with Crippen molar-refractivity contribution in [1.29, 1.82) is 0 Å². The molecule has 3 aromatic carbocycles. The predicted octanol–water partition coefficient (Wildman–Crippen LogP) is 2.78. The van der Waals surface area contributed by atoms with Crippen molar-refractivity contribution in [3.8, 4) is 5.75 Å². The molecule has 0 unspecified atom stereocenters. The molecule has 1 aliphatic heterocycles. The highest BCUT2D eigenvalue weighted by molar-refractivity contribution is 6.01. The Morgan fingerprint density at radius 3 is 2.70 bits per heavy atom. The van der Waals surface area contributed by atoms with E-state index in [0.29, 0.717) is 29.2 Å². The molecule has 2 heterocycles. The van der Waals surface area contributed by atoms with E-state index in [0.717, 1.165) is 10.8 Å². The summed E-state index contributed by atoms with van der Waals surface area (Å²) in [5.41, 5.74) is 1.76. The molecule has 0 fully saturated rings. The van der Waals surface area contributed by atoms with Crippen LogP contribution in [0.4, 0.5) is 16.2 Å². The molecule has 44 heavy (non-hydrogen) atoms. The summed E-state index contributed by atoms with van der Waals surface area (Å²) < 4.78 is 7.82. The first-order chi connectivity index (χ1) is 21.2. The van der Waals surface area contributed by atoms with Gasteiger partial charge in [-0.3, -0.25) is 9.59 Å². The number of amides is 4. The third-order valence-electron chi connectivity index (χ3n) is 7.73. The lowest BCUT2D eigenvalue weighted by molar-refractivity contribution is -0.134. The van der Waals surface area contributed by atoms with E-state index in [1.54, 1.807) is 42.0 Å². The summed E-state index contributed by atoms with van der Waals surface area (Å²) in [5.74, 6) is -0.228. The quantitative estimate of drug-likeness (QED) is 0.279. The van der Waals surface area contributed by atoms with Gasteiger partial charge in [-0.2, -0.15) is 0 Å². The fourth-order valence-electron chi connectivity index (χ4n) is 5.22. The Morgan fingerprint density at radius 1 is 1.14 bits per heavy atom. The van der Waals surface area contributed by atoms with E-state index in [9.17, 15) is 19.5 Å². The Hall–Kier alpha value is -5.04. The number of aliphatic hydroxyl groups is 1. The molecular weight excluding hydrogens is 564 g/mol. The minimum atomic E-state index is -0.489. The molecule has 1 aliphatic rings. The Balaban J connectivity index is 1.37. The lowest BCUT2D eigenvalue weighted by Gasteiger charge is -2.34. The van der Waals surface area contributed by atoms with Gasteiger partial charge in [-0.1, -0.05) is 43.3 Å². The minimum Gasteiger partial charge on any atom is -0.488 e. The van der Waals surface area contributed by atoms with E-state index in [-0.39, 0.29) is 49.9 Å². The molecular formula is C31H36N8O5. The first kappa shape index (κ1) is 30.4. The number of tetrazole rings is 1. The zero-order valence-corrected chi connectivity index (χ0v) is 24.9. The van der Waals surface area contributed by atoms with Crippen molar-refractivity contribution in [2.45, 2.75) is 39.0 Å². The lowest BCUT2D eigenvalue weighted by Crippen LogP contribution is -2.48. The number of rotatable bonds is 8. The first-order valence-corrected chi connectivity index (χ1v) is 14.4. The van der Waals surface area contributed by atoms with Crippen LogP contribution in [0.25, 0.3) is 10.8 Å². The van der Waals surface area contributed by atoms with Crippen LogP contribution < -0.4 is 15.4 Å². The van der Waals surface area contributed by atoms with Crippen LogP contribution in [0, 0.1) is 5.92 Å². The monoisotopic (exact) mass is 600 g/mol. The number of carbonyl (C=O) groups is 3. The molecule has 4 aromatic rings. The summed E-state index contributed by atoms with van der Waals surface area (Å²) in [6.07, 6.45) is 0.859. The van der Waals surface area contributed by atoms with Crippen LogP contribution in [-0.4, -0.2) is 91.8 Å². The van der Waals surface area contributed by atoms with Gasteiger partial charge < -0.3 is 30.3 Å². The van der Waals surface area contributed by atoms with E-state index >= 15 is 0 Å². The predicted molar refractivity (Wildman–Crippen MR) is 164 cm³/mol. The highest BCUT2D eigenvalue weighted by atomic mass is 16.5. The maximum Gasteiger partial charge on any atom is 0.321 e. The number of ether oxygens (including phenoxy) is 1. The topological polar surface area (TPSA) is 155 Å². The van der Waals surface area contributed by atoms with E-state index in [1.807, 2.05) is 49.4 Å². The van der Waals surface area contributed by atoms with Crippen molar-refractivity contribution >= 4 is 40.0 Å². The number of fused-ring (bicyclic) bond motifs is 2. The zero-order chi connectivity index (χ0) is 31.2. The van der Waals surface area contributed by atoms with Crippen LogP contribution in [0.3, 0.4) is 0 Å². The Morgan fingerprint density at radius 2 is 1.93 bits per heavy atom. The summed E-state index contributed by atoms with van der Waals surface area (Å²) >= 11 is 0. The van der Waals surface area contributed by atoms with Gasteiger partial charge in [-0.15, -0.1) is 5.10 Å². The number of hydrogen-bond acceptors (Lipinski definition) is 8. The van der Waals surface area contributed by atoms with Crippen LogP contribution in [0.5, 0.6) is 5.75 Å². The molecule has 0 saturated heterocycles. The summed E-state index contributed by atoms with van der Waals surface area (Å²) in [6.45, 7) is 4.04. The Kier molecular flexibility index (Phi) is 9.34. The normalized spacial score (nSPS) is 17.5. The summed E-state index contributed by atoms with van der Waals surface area (Å²) in [5, 5.41) is 28.5. The fraction of sp³-hybridized carbons (Fsp3) is 0.355. The minimum absolute atomic E-state index is 0.00717. The van der Waals surface area contributed by atoms with Gasteiger partial charge in [0.25, 0.3) is 0 Å². The van der Waals surface area contributed by atoms with Gasteiger partial charge in [0.1, 0.15) is 24.7 Å². The molecule has 3 atom stereocenters. The second-order valence-corrected chi connectivity index (χ2v) is 11.1. The molecule has 0 spiro atoms.